The molecule has 0 aliphatic carbocycles. The quantitative estimate of drug-likeness (QED) is 0.786. The maximum Gasteiger partial charge on any atom is 0.143 e. The Morgan fingerprint density at radius 3 is 2.91 bits per heavy atom. The third kappa shape index (κ3) is 2.13. The summed E-state index contributed by atoms with van der Waals surface area (Å²) in [6.45, 7) is 3.07. The number of aromatic nitrogens is 3. The van der Waals surface area contributed by atoms with E-state index in [0.29, 0.717) is 18.1 Å². The number of hydrogen-bond acceptors (Lipinski definition) is 6. The van der Waals surface area contributed by atoms with Crippen LogP contribution in [0.2, 0.25) is 0 Å². The molecule has 0 atom stereocenters. The van der Waals surface area contributed by atoms with E-state index in [0.717, 1.165) is 40.4 Å². The van der Waals surface area contributed by atoms with Gasteiger partial charge in [-0.3, -0.25) is 0 Å². The molecule has 22 heavy (non-hydrogen) atoms. The molecule has 1 aliphatic rings. The lowest BCUT2D eigenvalue weighted by Crippen LogP contribution is -2.36. The fraction of sp³-hybridized carbons (Fsp3) is 0.267. The number of nitriles is 1. The van der Waals surface area contributed by atoms with Crippen molar-refractivity contribution in [3.63, 3.8) is 0 Å². The molecule has 7 heteroatoms. The summed E-state index contributed by atoms with van der Waals surface area (Å²) in [5.41, 5.74) is 1.86. The van der Waals surface area contributed by atoms with Crippen molar-refractivity contribution >= 4 is 28.2 Å². The molecule has 1 saturated heterocycles. The van der Waals surface area contributed by atoms with Crippen molar-refractivity contribution in [2.75, 3.05) is 31.2 Å². The minimum Gasteiger partial charge on any atom is -0.378 e. The van der Waals surface area contributed by atoms with Crippen molar-refractivity contribution < 1.29 is 4.74 Å². The highest BCUT2D eigenvalue weighted by molar-refractivity contribution is 7.16. The average Bonchev–Trinajstić information content (AvgIpc) is 3.21. The molecule has 0 amide bonds. The van der Waals surface area contributed by atoms with Crippen LogP contribution in [0.15, 0.2) is 24.7 Å². The number of aromatic amines is 1. The number of morpholine rings is 1. The van der Waals surface area contributed by atoms with E-state index in [2.05, 4.69) is 25.9 Å². The van der Waals surface area contributed by atoms with Gasteiger partial charge in [-0.2, -0.15) is 5.26 Å². The smallest absolute Gasteiger partial charge is 0.143 e. The summed E-state index contributed by atoms with van der Waals surface area (Å²) in [5.74, 6) is 0.927. The Morgan fingerprint density at radius 2 is 2.14 bits per heavy atom. The minimum atomic E-state index is 0.703. The second-order valence-corrected chi connectivity index (χ2v) is 6.08. The van der Waals surface area contributed by atoms with E-state index in [-0.39, 0.29) is 0 Å². The van der Waals surface area contributed by atoms with Gasteiger partial charge in [0.25, 0.3) is 0 Å². The summed E-state index contributed by atoms with van der Waals surface area (Å²) in [7, 11) is 0. The highest BCUT2D eigenvalue weighted by Crippen LogP contribution is 2.37. The fourth-order valence-electron chi connectivity index (χ4n) is 2.70. The molecule has 1 aliphatic heterocycles. The lowest BCUT2D eigenvalue weighted by molar-refractivity contribution is 0.122. The molecule has 3 aromatic heterocycles. The van der Waals surface area contributed by atoms with Crippen molar-refractivity contribution in [1.29, 1.82) is 5.26 Å². The maximum atomic E-state index is 9.03. The zero-order chi connectivity index (χ0) is 14.9. The largest absolute Gasteiger partial charge is 0.378 e. The SMILES string of the molecule is N#Cc1ccc(-c2c[nH]c3ncnc(N4CCOCC4)c23)s1. The van der Waals surface area contributed by atoms with E-state index >= 15 is 0 Å². The molecule has 0 radical (unpaired) electrons. The molecular formula is C15H13N5OS. The Labute approximate surface area is 131 Å². The lowest BCUT2D eigenvalue weighted by Gasteiger charge is -2.28. The molecule has 0 spiro atoms. The molecule has 6 nitrogen and oxygen atoms in total. The van der Waals surface area contributed by atoms with E-state index < -0.39 is 0 Å². The Kier molecular flexibility index (Phi) is 3.25. The predicted octanol–water partition coefficient (Wildman–Crippen LogP) is 2.39. The zero-order valence-electron chi connectivity index (χ0n) is 11.7. The second kappa shape index (κ2) is 5.40. The number of ether oxygens (including phenoxy) is 1. The number of H-pyrrole nitrogens is 1. The van der Waals surface area contributed by atoms with Crippen LogP contribution in [0.1, 0.15) is 4.88 Å². The van der Waals surface area contributed by atoms with Gasteiger partial charge in [-0.15, -0.1) is 11.3 Å². The molecule has 1 N–H and O–H groups in total. The topological polar surface area (TPSA) is 77.8 Å². The normalized spacial score (nSPS) is 15.1. The molecule has 4 heterocycles. The number of nitrogens with one attached hydrogen (secondary N) is 1. The summed E-state index contributed by atoms with van der Waals surface area (Å²) in [6.07, 6.45) is 3.53. The predicted molar refractivity (Wildman–Crippen MR) is 84.9 cm³/mol. The molecule has 0 saturated carbocycles. The van der Waals surface area contributed by atoms with Crippen molar-refractivity contribution in [3.05, 3.63) is 29.5 Å². The summed E-state index contributed by atoms with van der Waals surface area (Å²) in [4.78, 5) is 16.0. The van der Waals surface area contributed by atoms with Crippen LogP contribution in [0.4, 0.5) is 5.82 Å². The van der Waals surface area contributed by atoms with Gasteiger partial charge in [-0.25, -0.2) is 9.97 Å². The number of anilines is 1. The fourth-order valence-corrected chi connectivity index (χ4v) is 3.52. The van der Waals surface area contributed by atoms with Gasteiger partial charge in [0.05, 0.1) is 18.6 Å². The average molecular weight is 311 g/mol. The molecule has 0 bridgehead atoms. The number of fused-ring (bicyclic) bond motifs is 1. The van der Waals surface area contributed by atoms with Crippen molar-refractivity contribution in [3.8, 4) is 16.5 Å². The maximum absolute atomic E-state index is 9.03. The molecule has 1 fully saturated rings. The first-order chi connectivity index (χ1) is 10.9. The number of rotatable bonds is 2. The van der Waals surface area contributed by atoms with Crippen LogP contribution < -0.4 is 4.90 Å². The second-order valence-electron chi connectivity index (χ2n) is 5.00. The van der Waals surface area contributed by atoms with Gasteiger partial charge in [0.2, 0.25) is 0 Å². The number of thiophene rings is 1. The Balaban J connectivity index is 1.87. The van der Waals surface area contributed by atoms with Crippen LogP contribution >= 0.6 is 11.3 Å². The zero-order valence-corrected chi connectivity index (χ0v) is 12.6. The first-order valence-electron chi connectivity index (χ1n) is 7.02. The highest BCUT2D eigenvalue weighted by atomic mass is 32.1. The van der Waals surface area contributed by atoms with Crippen LogP contribution in [-0.2, 0) is 4.74 Å². The van der Waals surface area contributed by atoms with E-state index in [1.807, 2.05) is 18.3 Å². The van der Waals surface area contributed by atoms with Crippen LogP contribution in [0.5, 0.6) is 0 Å². The standard InChI is InChI=1S/C15H13N5OS/c16-7-10-1-2-12(22-10)11-8-17-14-13(11)15(19-9-18-14)20-3-5-21-6-4-20/h1-2,8-9H,3-6H2,(H,17,18,19). The monoisotopic (exact) mass is 311 g/mol. The van der Waals surface area contributed by atoms with Gasteiger partial charge < -0.3 is 14.6 Å². The third-order valence-electron chi connectivity index (χ3n) is 3.74. The summed E-state index contributed by atoms with van der Waals surface area (Å²) in [5, 5.41) is 10.0. The van der Waals surface area contributed by atoms with Crippen LogP contribution in [-0.4, -0.2) is 41.3 Å². The van der Waals surface area contributed by atoms with Gasteiger partial charge in [0, 0.05) is 29.7 Å². The molecule has 4 rings (SSSR count). The van der Waals surface area contributed by atoms with Crippen LogP contribution in [0.25, 0.3) is 21.5 Å². The van der Waals surface area contributed by atoms with E-state index in [1.165, 1.54) is 11.3 Å². The summed E-state index contributed by atoms with van der Waals surface area (Å²) < 4.78 is 5.42. The Morgan fingerprint density at radius 1 is 1.27 bits per heavy atom. The summed E-state index contributed by atoms with van der Waals surface area (Å²) >= 11 is 1.48. The molecule has 110 valence electrons. The first kappa shape index (κ1) is 13.2. The lowest BCUT2D eigenvalue weighted by atomic mass is 10.2. The third-order valence-corrected chi connectivity index (χ3v) is 4.77. The van der Waals surface area contributed by atoms with Crippen LogP contribution in [0.3, 0.4) is 0 Å². The van der Waals surface area contributed by atoms with Crippen molar-refractivity contribution in [2.24, 2.45) is 0 Å². The number of hydrogen-bond donors (Lipinski definition) is 1. The van der Waals surface area contributed by atoms with Gasteiger partial charge in [0.15, 0.2) is 0 Å². The van der Waals surface area contributed by atoms with Gasteiger partial charge >= 0.3 is 0 Å². The van der Waals surface area contributed by atoms with Crippen molar-refractivity contribution in [2.45, 2.75) is 0 Å². The van der Waals surface area contributed by atoms with Gasteiger partial charge in [-0.05, 0) is 12.1 Å². The van der Waals surface area contributed by atoms with Crippen molar-refractivity contribution in [1.82, 2.24) is 15.0 Å². The molecule has 3 aromatic rings. The highest BCUT2D eigenvalue weighted by Gasteiger charge is 2.20. The molecule has 0 aromatic carbocycles. The molecule has 0 unspecified atom stereocenters. The number of nitrogens with zero attached hydrogens (tertiary/aromatic N) is 4. The molecular weight excluding hydrogens is 298 g/mol. The first-order valence-corrected chi connectivity index (χ1v) is 7.83. The van der Waals surface area contributed by atoms with E-state index in [9.17, 15) is 0 Å². The van der Waals surface area contributed by atoms with Gasteiger partial charge in [-0.1, -0.05) is 0 Å². The Bertz CT molecular complexity index is 856. The Hall–Kier alpha value is -2.43. The summed E-state index contributed by atoms with van der Waals surface area (Å²) in [6, 6.07) is 6.00. The minimum absolute atomic E-state index is 0.703. The van der Waals surface area contributed by atoms with E-state index in [1.54, 1.807) is 6.33 Å². The van der Waals surface area contributed by atoms with E-state index in [4.69, 9.17) is 10.00 Å². The van der Waals surface area contributed by atoms with Gasteiger partial charge in [0.1, 0.15) is 28.7 Å². The van der Waals surface area contributed by atoms with Crippen LogP contribution in [0, 0.1) is 11.3 Å².